The number of ether oxygens (including phenoxy) is 2. The van der Waals surface area contributed by atoms with Crippen LogP contribution in [0, 0.1) is 12.8 Å². The number of carboxylic acids is 1. The molecule has 3 amide bonds. The van der Waals surface area contributed by atoms with Gasteiger partial charge in [-0.25, -0.2) is 9.59 Å². The Bertz CT molecular complexity index is 1400. The van der Waals surface area contributed by atoms with Crippen LogP contribution in [0.1, 0.15) is 57.7 Å². The minimum atomic E-state index is -1.15. The van der Waals surface area contributed by atoms with Gasteiger partial charge in [-0.3, -0.25) is 19.2 Å². The van der Waals surface area contributed by atoms with Gasteiger partial charge in [-0.15, -0.1) is 0 Å². The number of rotatable bonds is 17. The fourth-order valence-corrected chi connectivity index (χ4v) is 4.38. The predicted molar refractivity (Wildman–Crippen MR) is 166 cm³/mol. The summed E-state index contributed by atoms with van der Waals surface area (Å²) < 4.78 is 11.3. The molecule has 0 aliphatic carbocycles. The molecule has 0 spiro atoms. The second kappa shape index (κ2) is 18.7. The van der Waals surface area contributed by atoms with Crippen LogP contribution in [0.15, 0.2) is 59.4 Å². The standard InChI is InChI=1S/C32H42N4O9/c1-5-44-29(40)14-10-9-13-25(35-32(43)45-20-23-11-7-6-8-12-23)30(41)34-26-16-15-22(4)36(31(26)42)19-27(37)33-24(17-21(2)3)18-28(38)39/h6-8,10-12,14-16,21,24-25H,5,9,13,17-20H2,1-4H3,(H,33,37)(H,34,41)(H,35,43)(H,38,39). The van der Waals surface area contributed by atoms with Gasteiger partial charge in [0.05, 0.1) is 13.0 Å². The highest BCUT2D eigenvalue weighted by Gasteiger charge is 2.23. The summed E-state index contributed by atoms with van der Waals surface area (Å²) in [7, 11) is 0. The lowest BCUT2D eigenvalue weighted by Gasteiger charge is -2.20. The van der Waals surface area contributed by atoms with Crippen LogP contribution < -0.4 is 21.5 Å². The summed E-state index contributed by atoms with van der Waals surface area (Å²) in [5.41, 5.74) is 0.391. The van der Waals surface area contributed by atoms with Gasteiger partial charge in [0.2, 0.25) is 11.8 Å². The highest BCUT2D eigenvalue weighted by molar-refractivity contribution is 5.96. The van der Waals surface area contributed by atoms with E-state index in [0.717, 1.165) is 10.1 Å². The zero-order chi connectivity index (χ0) is 33.4. The third kappa shape index (κ3) is 13.5. The lowest BCUT2D eigenvalue weighted by atomic mass is 10.0. The number of pyridine rings is 1. The van der Waals surface area contributed by atoms with Crippen LogP contribution in [-0.4, -0.2) is 58.2 Å². The fourth-order valence-electron chi connectivity index (χ4n) is 4.38. The summed E-state index contributed by atoms with van der Waals surface area (Å²) >= 11 is 0. The van der Waals surface area contributed by atoms with E-state index in [-0.39, 0.29) is 44.1 Å². The van der Waals surface area contributed by atoms with Gasteiger partial charge >= 0.3 is 18.0 Å². The second-order valence-electron chi connectivity index (χ2n) is 10.8. The zero-order valence-electron chi connectivity index (χ0n) is 26.0. The number of esters is 1. The SMILES string of the molecule is CCOC(=O)C=CCCC(NC(=O)OCc1ccccc1)C(=O)Nc1ccc(C)n(CC(=O)NC(CC(=O)O)CC(C)C)c1=O. The number of anilines is 1. The summed E-state index contributed by atoms with van der Waals surface area (Å²) in [6.45, 7) is 6.89. The summed E-state index contributed by atoms with van der Waals surface area (Å²) in [5.74, 6) is -2.73. The molecule has 1 aromatic heterocycles. The quantitative estimate of drug-likeness (QED) is 0.151. The van der Waals surface area contributed by atoms with Gasteiger partial charge in [-0.1, -0.05) is 50.3 Å². The summed E-state index contributed by atoms with van der Waals surface area (Å²) in [6, 6.07) is 10.1. The average Bonchev–Trinajstić information content (AvgIpc) is 2.97. The molecular formula is C32H42N4O9. The third-order valence-corrected chi connectivity index (χ3v) is 6.48. The Labute approximate surface area is 262 Å². The maximum absolute atomic E-state index is 13.3. The molecule has 0 aliphatic rings. The summed E-state index contributed by atoms with van der Waals surface area (Å²) in [6.07, 6.45) is 2.32. The molecule has 0 saturated heterocycles. The Morgan fingerprint density at radius 2 is 1.71 bits per heavy atom. The van der Waals surface area contributed by atoms with Crippen molar-refractivity contribution in [2.45, 2.75) is 78.6 Å². The first-order valence-electron chi connectivity index (χ1n) is 14.7. The number of amides is 3. The molecule has 45 heavy (non-hydrogen) atoms. The van der Waals surface area contributed by atoms with Gasteiger partial charge in [-0.05, 0) is 56.7 Å². The van der Waals surface area contributed by atoms with Crippen molar-refractivity contribution in [3.05, 3.63) is 76.2 Å². The molecule has 0 aliphatic heterocycles. The molecule has 2 atom stereocenters. The topological polar surface area (TPSA) is 182 Å². The van der Waals surface area contributed by atoms with Crippen molar-refractivity contribution < 1.29 is 38.6 Å². The molecule has 0 fully saturated rings. The van der Waals surface area contributed by atoms with Crippen molar-refractivity contribution in [3.63, 3.8) is 0 Å². The van der Waals surface area contributed by atoms with Crippen LogP contribution in [0.3, 0.4) is 0 Å². The van der Waals surface area contributed by atoms with Crippen LogP contribution in [0.4, 0.5) is 10.5 Å². The number of aryl methyl sites for hydroxylation is 1. The van der Waals surface area contributed by atoms with E-state index in [1.54, 1.807) is 44.2 Å². The van der Waals surface area contributed by atoms with Crippen molar-refractivity contribution in [3.8, 4) is 0 Å². The van der Waals surface area contributed by atoms with Crippen LogP contribution in [0.5, 0.6) is 0 Å². The fraction of sp³-hybridized carbons (Fsp3) is 0.438. The normalized spacial score (nSPS) is 12.3. The number of hydrogen-bond donors (Lipinski definition) is 4. The molecular weight excluding hydrogens is 584 g/mol. The van der Waals surface area contributed by atoms with Gasteiger partial charge in [0.25, 0.3) is 5.56 Å². The first-order valence-corrected chi connectivity index (χ1v) is 14.7. The third-order valence-electron chi connectivity index (χ3n) is 6.48. The van der Waals surface area contributed by atoms with Gasteiger partial charge in [0.1, 0.15) is 24.9 Å². The minimum Gasteiger partial charge on any atom is -0.481 e. The number of carbonyl (C=O) groups excluding carboxylic acids is 4. The van der Waals surface area contributed by atoms with Crippen molar-refractivity contribution in [1.29, 1.82) is 0 Å². The van der Waals surface area contributed by atoms with Crippen LogP contribution in [-0.2, 0) is 41.8 Å². The number of carboxylic acid groups (broad SMARTS) is 1. The number of nitrogens with one attached hydrogen (secondary N) is 3. The van der Waals surface area contributed by atoms with E-state index in [2.05, 4.69) is 16.0 Å². The maximum atomic E-state index is 13.3. The Hall–Kier alpha value is -4.94. The largest absolute Gasteiger partial charge is 0.481 e. The Morgan fingerprint density at radius 3 is 2.36 bits per heavy atom. The number of benzene rings is 1. The molecule has 0 bridgehead atoms. The van der Waals surface area contributed by atoms with Crippen LogP contribution in [0.2, 0.25) is 0 Å². The average molecular weight is 627 g/mol. The number of nitrogens with zero attached hydrogens (tertiary/aromatic N) is 1. The van der Waals surface area contributed by atoms with Gasteiger partial charge in [-0.2, -0.15) is 0 Å². The van der Waals surface area contributed by atoms with Crippen molar-refractivity contribution in [1.82, 2.24) is 15.2 Å². The van der Waals surface area contributed by atoms with Crippen LogP contribution in [0.25, 0.3) is 0 Å². The highest BCUT2D eigenvalue weighted by Crippen LogP contribution is 2.10. The molecule has 2 rings (SSSR count). The Morgan fingerprint density at radius 1 is 1.00 bits per heavy atom. The maximum Gasteiger partial charge on any atom is 0.408 e. The monoisotopic (exact) mass is 626 g/mol. The molecule has 4 N–H and O–H groups in total. The molecule has 1 heterocycles. The van der Waals surface area contributed by atoms with E-state index in [1.165, 1.54) is 18.2 Å². The Kier molecular flexibility index (Phi) is 15.0. The van der Waals surface area contributed by atoms with Crippen molar-refractivity contribution in [2.75, 3.05) is 11.9 Å². The van der Waals surface area contributed by atoms with Crippen LogP contribution >= 0.6 is 0 Å². The zero-order valence-corrected chi connectivity index (χ0v) is 26.0. The molecule has 1 aromatic carbocycles. The van der Waals surface area contributed by atoms with Crippen molar-refractivity contribution in [2.24, 2.45) is 5.92 Å². The Balaban J connectivity index is 2.17. The molecule has 0 radical (unpaired) electrons. The molecule has 0 saturated carbocycles. The van der Waals surface area contributed by atoms with Gasteiger partial charge < -0.3 is 35.1 Å². The van der Waals surface area contributed by atoms with Crippen molar-refractivity contribution >= 4 is 35.5 Å². The number of carbonyl (C=O) groups is 5. The first kappa shape index (κ1) is 36.3. The lowest BCUT2D eigenvalue weighted by Crippen LogP contribution is -2.45. The minimum absolute atomic E-state index is 0.0288. The molecule has 13 heteroatoms. The van der Waals surface area contributed by atoms with E-state index >= 15 is 0 Å². The smallest absolute Gasteiger partial charge is 0.408 e. The van der Waals surface area contributed by atoms with Gasteiger partial charge in [0, 0.05) is 17.8 Å². The second-order valence-corrected chi connectivity index (χ2v) is 10.8. The van der Waals surface area contributed by atoms with E-state index in [1.807, 2.05) is 19.9 Å². The summed E-state index contributed by atoms with van der Waals surface area (Å²) in [5, 5.41) is 16.9. The molecule has 2 aromatic rings. The number of aromatic nitrogens is 1. The number of alkyl carbamates (subject to hydrolysis) is 1. The number of aliphatic carboxylic acids is 1. The highest BCUT2D eigenvalue weighted by atomic mass is 16.5. The molecule has 2 unspecified atom stereocenters. The first-order chi connectivity index (χ1) is 21.4. The van der Waals surface area contributed by atoms with E-state index in [4.69, 9.17) is 9.47 Å². The van der Waals surface area contributed by atoms with E-state index in [9.17, 15) is 33.9 Å². The molecule has 244 valence electrons. The summed E-state index contributed by atoms with van der Waals surface area (Å²) in [4.78, 5) is 74.8. The predicted octanol–water partition coefficient (Wildman–Crippen LogP) is 3.30. The van der Waals surface area contributed by atoms with Gasteiger partial charge in [0.15, 0.2) is 0 Å². The lowest BCUT2D eigenvalue weighted by molar-refractivity contribution is -0.138. The van der Waals surface area contributed by atoms with E-state index in [0.29, 0.717) is 12.1 Å². The number of hydrogen-bond acceptors (Lipinski definition) is 8. The molecule has 13 nitrogen and oxygen atoms in total. The van der Waals surface area contributed by atoms with E-state index < -0.39 is 54.0 Å². The number of allylic oxidation sites excluding steroid dienone is 1.